The van der Waals surface area contributed by atoms with Gasteiger partial charge in [-0.1, -0.05) is 12.1 Å². The third-order valence-corrected chi connectivity index (χ3v) is 5.13. The Morgan fingerprint density at radius 2 is 2.17 bits per heavy atom. The molecule has 3 rings (SSSR count). The van der Waals surface area contributed by atoms with E-state index in [1.807, 2.05) is 25.1 Å². The van der Waals surface area contributed by atoms with E-state index < -0.39 is 0 Å². The zero-order valence-electron chi connectivity index (χ0n) is 13.6. The molecule has 2 heterocycles. The SMILES string of the molecule is C/C(=N/NC(=S)NCCN1CCOCC1)c1nc2ccccc2s1. The quantitative estimate of drug-likeness (QED) is 0.480. The van der Waals surface area contributed by atoms with Gasteiger partial charge in [-0.05, 0) is 31.3 Å². The normalized spacial score (nSPS) is 16.3. The van der Waals surface area contributed by atoms with Gasteiger partial charge in [0.25, 0.3) is 0 Å². The van der Waals surface area contributed by atoms with Crippen LogP contribution in [0.15, 0.2) is 29.4 Å². The molecule has 1 aliphatic heterocycles. The maximum absolute atomic E-state index is 5.33. The van der Waals surface area contributed by atoms with Crippen LogP contribution < -0.4 is 10.7 Å². The molecule has 0 atom stereocenters. The smallest absolute Gasteiger partial charge is 0.187 e. The summed E-state index contributed by atoms with van der Waals surface area (Å²) in [5, 5.41) is 8.94. The molecule has 1 fully saturated rings. The number of hydrogen-bond acceptors (Lipinski definition) is 6. The number of ether oxygens (including phenoxy) is 1. The molecule has 2 N–H and O–H groups in total. The Hall–Kier alpha value is -1.61. The lowest BCUT2D eigenvalue weighted by molar-refractivity contribution is 0.0389. The van der Waals surface area contributed by atoms with Crippen LogP contribution in [-0.2, 0) is 4.74 Å². The van der Waals surface area contributed by atoms with Crippen molar-refractivity contribution in [2.24, 2.45) is 5.10 Å². The molecule has 0 radical (unpaired) electrons. The predicted molar refractivity (Wildman–Crippen MR) is 103 cm³/mol. The van der Waals surface area contributed by atoms with E-state index in [9.17, 15) is 0 Å². The largest absolute Gasteiger partial charge is 0.379 e. The molecule has 8 heteroatoms. The molecule has 1 aromatic heterocycles. The van der Waals surface area contributed by atoms with Gasteiger partial charge in [0.05, 0.1) is 29.1 Å². The molecule has 0 unspecified atom stereocenters. The molecular formula is C16H21N5OS2. The molecule has 0 saturated carbocycles. The lowest BCUT2D eigenvalue weighted by Crippen LogP contribution is -2.42. The van der Waals surface area contributed by atoms with Crippen molar-refractivity contribution >= 4 is 44.6 Å². The Balaban J connectivity index is 1.46. The summed E-state index contributed by atoms with van der Waals surface area (Å²) in [6.07, 6.45) is 0. The summed E-state index contributed by atoms with van der Waals surface area (Å²) in [6.45, 7) is 7.27. The van der Waals surface area contributed by atoms with E-state index in [4.69, 9.17) is 17.0 Å². The summed E-state index contributed by atoms with van der Waals surface area (Å²) in [5.74, 6) is 0. The number of thiocarbonyl (C=S) groups is 1. The number of hydrazone groups is 1. The van der Waals surface area contributed by atoms with Gasteiger partial charge in [0.1, 0.15) is 5.01 Å². The van der Waals surface area contributed by atoms with E-state index in [1.54, 1.807) is 11.3 Å². The number of rotatable bonds is 5. The number of thiazole rings is 1. The van der Waals surface area contributed by atoms with E-state index in [1.165, 1.54) is 0 Å². The number of hydrogen-bond donors (Lipinski definition) is 2. The molecule has 0 spiro atoms. The Morgan fingerprint density at radius 1 is 1.38 bits per heavy atom. The summed E-state index contributed by atoms with van der Waals surface area (Å²) in [7, 11) is 0. The van der Waals surface area contributed by atoms with Crippen LogP contribution in [0.5, 0.6) is 0 Å². The molecule has 0 bridgehead atoms. The van der Waals surface area contributed by atoms with Gasteiger partial charge in [0.2, 0.25) is 0 Å². The van der Waals surface area contributed by atoms with Gasteiger partial charge in [-0.3, -0.25) is 10.3 Å². The number of nitrogens with zero attached hydrogens (tertiary/aromatic N) is 3. The first-order valence-electron chi connectivity index (χ1n) is 7.96. The van der Waals surface area contributed by atoms with Crippen LogP contribution in [0.1, 0.15) is 11.9 Å². The highest BCUT2D eigenvalue weighted by molar-refractivity contribution is 7.80. The van der Waals surface area contributed by atoms with Gasteiger partial charge in [0.15, 0.2) is 5.11 Å². The Morgan fingerprint density at radius 3 is 2.96 bits per heavy atom. The van der Waals surface area contributed by atoms with Crippen LogP contribution in [0.3, 0.4) is 0 Å². The number of nitrogens with one attached hydrogen (secondary N) is 2. The van der Waals surface area contributed by atoms with Crippen LogP contribution in [-0.4, -0.2) is 60.1 Å². The first-order chi connectivity index (χ1) is 11.7. The molecule has 1 aromatic carbocycles. The average Bonchev–Trinajstić information content (AvgIpc) is 3.05. The minimum atomic E-state index is 0.531. The van der Waals surface area contributed by atoms with E-state index >= 15 is 0 Å². The molecule has 2 aromatic rings. The Bertz CT molecular complexity index is 691. The average molecular weight is 364 g/mol. The molecule has 0 amide bonds. The third kappa shape index (κ3) is 4.70. The fourth-order valence-electron chi connectivity index (χ4n) is 2.40. The van der Waals surface area contributed by atoms with Gasteiger partial charge in [-0.2, -0.15) is 5.10 Å². The van der Waals surface area contributed by atoms with Crippen molar-refractivity contribution in [1.29, 1.82) is 0 Å². The van der Waals surface area contributed by atoms with E-state index in [0.717, 1.165) is 60.3 Å². The van der Waals surface area contributed by atoms with Crippen molar-refractivity contribution < 1.29 is 4.74 Å². The highest BCUT2D eigenvalue weighted by atomic mass is 32.1. The second-order valence-electron chi connectivity index (χ2n) is 5.51. The first kappa shape index (κ1) is 17.2. The van der Waals surface area contributed by atoms with Crippen LogP contribution in [0.2, 0.25) is 0 Å². The molecule has 6 nitrogen and oxygen atoms in total. The van der Waals surface area contributed by atoms with Crippen LogP contribution >= 0.6 is 23.6 Å². The van der Waals surface area contributed by atoms with Crippen molar-refractivity contribution in [1.82, 2.24) is 20.6 Å². The minimum absolute atomic E-state index is 0.531. The predicted octanol–water partition coefficient (Wildman–Crippen LogP) is 1.82. The van der Waals surface area contributed by atoms with Gasteiger partial charge >= 0.3 is 0 Å². The lowest BCUT2D eigenvalue weighted by atomic mass is 10.3. The van der Waals surface area contributed by atoms with E-state index in [0.29, 0.717) is 5.11 Å². The van der Waals surface area contributed by atoms with Crippen LogP contribution in [0.25, 0.3) is 10.2 Å². The fourth-order valence-corrected chi connectivity index (χ4v) is 3.46. The molecule has 1 saturated heterocycles. The van der Waals surface area contributed by atoms with Crippen LogP contribution in [0, 0.1) is 0 Å². The highest BCUT2D eigenvalue weighted by Crippen LogP contribution is 2.21. The molecule has 1 aliphatic rings. The Labute approximate surface area is 150 Å². The molecule has 24 heavy (non-hydrogen) atoms. The van der Waals surface area contributed by atoms with Crippen molar-refractivity contribution in [3.63, 3.8) is 0 Å². The summed E-state index contributed by atoms with van der Waals surface area (Å²) < 4.78 is 6.49. The summed E-state index contributed by atoms with van der Waals surface area (Å²) in [6, 6.07) is 8.08. The zero-order valence-corrected chi connectivity index (χ0v) is 15.3. The van der Waals surface area contributed by atoms with Gasteiger partial charge in [-0.25, -0.2) is 4.98 Å². The molecule has 128 valence electrons. The number of fused-ring (bicyclic) bond motifs is 1. The van der Waals surface area contributed by atoms with Crippen LogP contribution in [0.4, 0.5) is 0 Å². The number of benzene rings is 1. The topological polar surface area (TPSA) is 61.8 Å². The number of morpholine rings is 1. The zero-order chi connectivity index (χ0) is 16.8. The molecule has 0 aliphatic carbocycles. The summed E-state index contributed by atoms with van der Waals surface area (Å²) in [5.41, 5.74) is 4.72. The fraction of sp³-hybridized carbons (Fsp3) is 0.438. The highest BCUT2D eigenvalue weighted by Gasteiger charge is 2.09. The van der Waals surface area contributed by atoms with Crippen molar-refractivity contribution in [3.05, 3.63) is 29.3 Å². The second-order valence-corrected chi connectivity index (χ2v) is 6.94. The van der Waals surface area contributed by atoms with E-state index in [-0.39, 0.29) is 0 Å². The maximum atomic E-state index is 5.33. The summed E-state index contributed by atoms with van der Waals surface area (Å²) in [4.78, 5) is 6.94. The Kier molecular flexibility index (Phi) is 6.08. The second kappa shape index (κ2) is 8.48. The van der Waals surface area contributed by atoms with Gasteiger partial charge < -0.3 is 10.1 Å². The lowest BCUT2D eigenvalue weighted by Gasteiger charge is -2.26. The van der Waals surface area contributed by atoms with Crippen molar-refractivity contribution in [3.8, 4) is 0 Å². The monoisotopic (exact) mass is 363 g/mol. The van der Waals surface area contributed by atoms with Crippen molar-refractivity contribution in [2.45, 2.75) is 6.92 Å². The van der Waals surface area contributed by atoms with E-state index in [2.05, 4.69) is 31.8 Å². The standard InChI is InChI=1S/C16H21N5OS2/c1-12(15-18-13-4-2-3-5-14(13)24-15)19-20-16(23)17-6-7-21-8-10-22-11-9-21/h2-5H,6-11H2,1H3,(H2,17,20,23)/b19-12-. The third-order valence-electron chi connectivity index (χ3n) is 3.75. The van der Waals surface area contributed by atoms with Crippen molar-refractivity contribution in [2.75, 3.05) is 39.4 Å². The van der Waals surface area contributed by atoms with Gasteiger partial charge in [0, 0.05) is 26.2 Å². The first-order valence-corrected chi connectivity index (χ1v) is 9.19. The molecular weight excluding hydrogens is 342 g/mol. The number of aromatic nitrogens is 1. The van der Waals surface area contributed by atoms with Gasteiger partial charge in [-0.15, -0.1) is 11.3 Å². The minimum Gasteiger partial charge on any atom is -0.379 e. The summed E-state index contributed by atoms with van der Waals surface area (Å²) >= 11 is 6.89. The maximum Gasteiger partial charge on any atom is 0.187 e. The number of para-hydroxylation sites is 1.